The Labute approximate surface area is 204 Å². The molecule has 0 bridgehead atoms. The number of allylic oxidation sites excluding steroid dienone is 6. The molecule has 0 radical (unpaired) electrons. The van der Waals surface area contributed by atoms with Gasteiger partial charge >= 0.3 is 0 Å². The summed E-state index contributed by atoms with van der Waals surface area (Å²) in [6.07, 6.45) is 14.6. The number of ether oxygens (including phenoxy) is 1. The Morgan fingerprint density at radius 1 is 1.03 bits per heavy atom. The van der Waals surface area contributed by atoms with Crippen molar-refractivity contribution in [2.45, 2.75) is 25.7 Å². The molecule has 1 fully saturated rings. The number of likely N-dealkylation sites (tertiary alicyclic amines) is 1. The fourth-order valence-electron chi connectivity index (χ4n) is 4.61. The summed E-state index contributed by atoms with van der Waals surface area (Å²) in [6.45, 7) is 4.18. The lowest BCUT2D eigenvalue weighted by Crippen LogP contribution is -2.21. The fourth-order valence-corrected chi connectivity index (χ4v) is 5.88. The highest BCUT2D eigenvalue weighted by molar-refractivity contribution is 7.20. The Morgan fingerprint density at radius 3 is 2.68 bits per heavy atom. The summed E-state index contributed by atoms with van der Waals surface area (Å²) in [7, 11) is 0. The summed E-state index contributed by atoms with van der Waals surface area (Å²) in [5.74, 6) is 0.992. The van der Waals surface area contributed by atoms with Gasteiger partial charge in [-0.2, -0.15) is 0 Å². The van der Waals surface area contributed by atoms with Gasteiger partial charge < -0.3 is 14.7 Å². The van der Waals surface area contributed by atoms with Crippen LogP contribution in [-0.2, 0) is 0 Å². The number of rotatable bonds is 8. The Balaban J connectivity index is 1.36. The highest BCUT2D eigenvalue weighted by Crippen LogP contribution is 2.40. The number of ketones is 1. The average Bonchev–Trinajstić information content (AvgIpc) is 3.41. The summed E-state index contributed by atoms with van der Waals surface area (Å²) >= 11 is 1.56. The molecule has 4 nitrogen and oxygen atoms in total. The molecule has 0 saturated carbocycles. The minimum absolute atomic E-state index is 0.00868. The molecule has 2 aliphatic rings. The van der Waals surface area contributed by atoms with E-state index in [2.05, 4.69) is 17.1 Å². The van der Waals surface area contributed by atoms with E-state index >= 15 is 0 Å². The molecule has 1 saturated heterocycles. The van der Waals surface area contributed by atoms with Crippen LogP contribution >= 0.6 is 11.3 Å². The van der Waals surface area contributed by atoms with Gasteiger partial charge in [-0.25, -0.2) is 0 Å². The molecule has 1 N–H and O–H groups in total. The van der Waals surface area contributed by atoms with Crippen LogP contribution in [0.15, 0.2) is 72.8 Å². The molecule has 5 heteroatoms. The molecule has 0 atom stereocenters. The first-order valence-corrected chi connectivity index (χ1v) is 12.8. The van der Waals surface area contributed by atoms with Crippen molar-refractivity contribution in [3.05, 3.63) is 88.8 Å². The van der Waals surface area contributed by atoms with Crippen molar-refractivity contribution in [2.24, 2.45) is 0 Å². The van der Waals surface area contributed by atoms with E-state index in [0.717, 1.165) is 45.7 Å². The van der Waals surface area contributed by atoms with Crippen LogP contribution < -0.4 is 4.74 Å². The van der Waals surface area contributed by atoms with Crippen molar-refractivity contribution in [1.29, 1.82) is 0 Å². The normalized spacial score (nSPS) is 16.1. The zero-order chi connectivity index (χ0) is 23.3. The van der Waals surface area contributed by atoms with Gasteiger partial charge in [0.1, 0.15) is 11.5 Å². The van der Waals surface area contributed by atoms with Crippen LogP contribution in [-0.4, -0.2) is 42.0 Å². The summed E-state index contributed by atoms with van der Waals surface area (Å²) in [4.78, 5) is 17.2. The van der Waals surface area contributed by atoms with Gasteiger partial charge in [0.05, 0.1) is 6.61 Å². The third kappa shape index (κ3) is 5.01. The first-order valence-electron chi connectivity index (χ1n) is 12.0. The predicted octanol–water partition coefficient (Wildman–Crippen LogP) is 6.60. The summed E-state index contributed by atoms with van der Waals surface area (Å²) < 4.78 is 6.83. The van der Waals surface area contributed by atoms with E-state index in [1.807, 2.05) is 48.6 Å². The molecular weight excluding hydrogens is 442 g/mol. The van der Waals surface area contributed by atoms with Crippen LogP contribution in [0.2, 0.25) is 0 Å². The number of benzene rings is 2. The van der Waals surface area contributed by atoms with Gasteiger partial charge in [-0.1, -0.05) is 30.4 Å². The molecule has 2 heterocycles. The standard InChI is InChI=1S/C29H29NO3S/c31-23-12-15-25-26(20-23)34-29(22-8-3-1-2-4-9-22)27(25)28(32)21-10-13-24(14-11-21)33-19-7-18-30-16-5-6-17-30/h1-4,8,10-15,20,31H,5-7,9,16-19H2. The molecule has 34 heavy (non-hydrogen) atoms. The second-order valence-corrected chi connectivity index (χ2v) is 9.85. The number of phenolic OH excluding ortho intramolecular Hbond substituents is 1. The number of thiophene rings is 1. The number of nitrogens with zero attached hydrogens (tertiary/aromatic N) is 1. The Morgan fingerprint density at radius 2 is 1.85 bits per heavy atom. The number of phenols is 1. The molecule has 5 rings (SSSR count). The molecule has 2 aromatic carbocycles. The smallest absolute Gasteiger partial charge is 0.195 e. The lowest BCUT2D eigenvalue weighted by atomic mass is 9.96. The van der Waals surface area contributed by atoms with E-state index in [4.69, 9.17) is 4.74 Å². The van der Waals surface area contributed by atoms with E-state index < -0.39 is 0 Å². The highest BCUT2D eigenvalue weighted by Gasteiger charge is 2.22. The Hall–Kier alpha value is -3.15. The maximum atomic E-state index is 13.7. The molecule has 3 aromatic rings. The third-order valence-electron chi connectivity index (χ3n) is 6.39. The summed E-state index contributed by atoms with van der Waals surface area (Å²) in [5.41, 5.74) is 2.44. The molecule has 1 aromatic heterocycles. The van der Waals surface area contributed by atoms with Crippen LogP contribution in [0.25, 0.3) is 15.7 Å². The molecule has 1 aliphatic heterocycles. The predicted molar refractivity (Wildman–Crippen MR) is 140 cm³/mol. The molecule has 0 unspecified atom stereocenters. The van der Waals surface area contributed by atoms with Crippen LogP contribution in [0.4, 0.5) is 0 Å². The number of hydrogen-bond acceptors (Lipinski definition) is 5. The molecular formula is C29H29NO3S. The van der Waals surface area contributed by atoms with Crippen molar-refractivity contribution in [3.8, 4) is 11.5 Å². The summed E-state index contributed by atoms with van der Waals surface area (Å²) in [6, 6.07) is 12.7. The van der Waals surface area contributed by atoms with E-state index in [1.54, 1.807) is 23.5 Å². The second kappa shape index (κ2) is 10.4. The molecule has 0 spiro atoms. The van der Waals surface area contributed by atoms with Crippen LogP contribution in [0.3, 0.4) is 0 Å². The van der Waals surface area contributed by atoms with Crippen molar-refractivity contribution in [1.82, 2.24) is 4.90 Å². The van der Waals surface area contributed by atoms with Gasteiger partial charge in [-0.05, 0) is 86.8 Å². The monoisotopic (exact) mass is 471 g/mol. The van der Waals surface area contributed by atoms with Crippen molar-refractivity contribution in [3.63, 3.8) is 0 Å². The van der Waals surface area contributed by atoms with E-state index in [0.29, 0.717) is 17.7 Å². The quantitative estimate of drug-likeness (QED) is 0.297. The summed E-state index contributed by atoms with van der Waals surface area (Å²) in [5, 5.41) is 10.9. The molecule has 174 valence electrons. The van der Waals surface area contributed by atoms with Gasteiger partial charge in [0.2, 0.25) is 0 Å². The number of aromatic hydroxyl groups is 1. The third-order valence-corrected chi connectivity index (χ3v) is 7.62. The van der Waals surface area contributed by atoms with Gasteiger partial charge in [-0.15, -0.1) is 11.3 Å². The van der Waals surface area contributed by atoms with Crippen molar-refractivity contribution >= 4 is 32.8 Å². The minimum Gasteiger partial charge on any atom is -0.508 e. The average molecular weight is 472 g/mol. The molecule has 0 amide bonds. The van der Waals surface area contributed by atoms with Gasteiger partial charge in [0, 0.05) is 32.6 Å². The van der Waals surface area contributed by atoms with E-state index in [1.165, 1.54) is 25.9 Å². The highest BCUT2D eigenvalue weighted by atomic mass is 32.1. The van der Waals surface area contributed by atoms with Crippen LogP contribution in [0, 0.1) is 0 Å². The van der Waals surface area contributed by atoms with Gasteiger partial charge in [0.15, 0.2) is 5.78 Å². The number of hydrogen-bond donors (Lipinski definition) is 1. The lowest BCUT2D eigenvalue weighted by molar-refractivity contribution is 0.104. The first kappa shape index (κ1) is 22.6. The second-order valence-electron chi connectivity index (χ2n) is 8.80. The Kier molecular flexibility index (Phi) is 6.93. The Bertz CT molecular complexity index is 1260. The zero-order valence-corrected chi connectivity index (χ0v) is 20.0. The molecule has 1 aliphatic carbocycles. The van der Waals surface area contributed by atoms with E-state index in [-0.39, 0.29) is 11.5 Å². The largest absolute Gasteiger partial charge is 0.508 e. The van der Waals surface area contributed by atoms with Crippen molar-refractivity contribution < 1.29 is 14.6 Å². The van der Waals surface area contributed by atoms with Gasteiger partial charge in [0.25, 0.3) is 0 Å². The van der Waals surface area contributed by atoms with E-state index in [9.17, 15) is 9.90 Å². The topological polar surface area (TPSA) is 49.8 Å². The van der Waals surface area contributed by atoms with Crippen LogP contribution in [0.5, 0.6) is 11.5 Å². The number of carbonyl (C=O) groups is 1. The maximum Gasteiger partial charge on any atom is 0.195 e. The number of carbonyl (C=O) groups excluding carboxylic acids is 1. The SMILES string of the molecule is O=C(c1ccc(OCCCN2CCCC2)cc1)c1c(C2=CC=CC=CC2)sc2cc(O)ccc12. The van der Waals surface area contributed by atoms with Crippen molar-refractivity contribution in [2.75, 3.05) is 26.2 Å². The van der Waals surface area contributed by atoms with Crippen LogP contribution in [0.1, 0.15) is 46.5 Å². The lowest BCUT2D eigenvalue weighted by Gasteiger charge is -2.14. The zero-order valence-electron chi connectivity index (χ0n) is 19.2. The first-order chi connectivity index (χ1) is 16.7. The number of fused-ring (bicyclic) bond motifs is 1. The minimum atomic E-state index is -0.00868. The maximum absolute atomic E-state index is 13.7. The van der Waals surface area contributed by atoms with Gasteiger partial charge in [-0.3, -0.25) is 4.79 Å². The fraction of sp³-hybridized carbons (Fsp3) is 0.276.